The molecule has 0 aliphatic heterocycles. The highest BCUT2D eigenvalue weighted by Crippen LogP contribution is 2.23. The number of carbonyl (C=O) groups is 1. The Bertz CT molecular complexity index is 651. The fourth-order valence-corrected chi connectivity index (χ4v) is 3.09. The summed E-state index contributed by atoms with van der Waals surface area (Å²) in [6, 6.07) is 14.1. The van der Waals surface area contributed by atoms with Gasteiger partial charge in [0, 0.05) is 10.2 Å². The molecule has 0 bridgehead atoms. The SMILES string of the molecule is O=C(Cc1ccc2c(c1)CCC2)Nc1cccc(Br)c1. The van der Waals surface area contributed by atoms with Crippen molar-refractivity contribution in [2.75, 3.05) is 5.32 Å². The van der Waals surface area contributed by atoms with Crippen LogP contribution in [0.5, 0.6) is 0 Å². The molecule has 2 aromatic rings. The first-order valence-corrected chi connectivity index (χ1v) is 7.66. The van der Waals surface area contributed by atoms with Gasteiger partial charge in [-0.15, -0.1) is 0 Å². The summed E-state index contributed by atoms with van der Waals surface area (Å²) in [5.74, 6) is 0.0287. The normalized spacial score (nSPS) is 13.1. The molecule has 20 heavy (non-hydrogen) atoms. The molecule has 0 fully saturated rings. The number of nitrogens with one attached hydrogen (secondary N) is 1. The topological polar surface area (TPSA) is 29.1 Å². The highest BCUT2D eigenvalue weighted by Gasteiger charge is 2.12. The molecule has 0 atom stereocenters. The molecule has 3 rings (SSSR count). The molecule has 3 heteroatoms. The van der Waals surface area contributed by atoms with Crippen molar-refractivity contribution in [1.29, 1.82) is 0 Å². The minimum atomic E-state index is 0.0287. The van der Waals surface area contributed by atoms with E-state index in [0.29, 0.717) is 6.42 Å². The third-order valence-corrected chi connectivity index (χ3v) is 4.13. The first-order valence-electron chi connectivity index (χ1n) is 6.87. The van der Waals surface area contributed by atoms with Crippen LogP contribution in [0.4, 0.5) is 5.69 Å². The standard InChI is InChI=1S/C17H16BrNO/c18-15-5-2-6-16(11-15)19-17(20)10-12-7-8-13-3-1-4-14(13)9-12/h2,5-9,11H,1,3-4,10H2,(H,19,20). The van der Waals surface area contributed by atoms with Gasteiger partial charge in [-0.3, -0.25) is 4.79 Å². The number of carbonyl (C=O) groups excluding carboxylic acids is 1. The molecule has 2 nitrogen and oxygen atoms in total. The van der Waals surface area contributed by atoms with Crippen LogP contribution in [-0.4, -0.2) is 5.91 Å². The zero-order valence-corrected chi connectivity index (χ0v) is 12.7. The summed E-state index contributed by atoms with van der Waals surface area (Å²) in [6.45, 7) is 0. The molecule has 0 radical (unpaired) electrons. The summed E-state index contributed by atoms with van der Waals surface area (Å²) in [5, 5.41) is 2.93. The largest absolute Gasteiger partial charge is 0.326 e. The second-order valence-corrected chi connectivity index (χ2v) is 6.11. The van der Waals surface area contributed by atoms with Crippen molar-refractivity contribution in [1.82, 2.24) is 0 Å². The Labute approximate surface area is 127 Å². The Morgan fingerprint density at radius 2 is 1.95 bits per heavy atom. The van der Waals surface area contributed by atoms with E-state index in [0.717, 1.165) is 22.1 Å². The van der Waals surface area contributed by atoms with Crippen molar-refractivity contribution in [3.8, 4) is 0 Å². The number of fused-ring (bicyclic) bond motifs is 1. The third kappa shape index (κ3) is 3.10. The Morgan fingerprint density at radius 3 is 2.80 bits per heavy atom. The van der Waals surface area contributed by atoms with Crippen LogP contribution < -0.4 is 5.32 Å². The van der Waals surface area contributed by atoms with Gasteiger partial charge in [-0.25, -0.2) is 0 Å². The van der Waals surface area contributed by atoms with Crippen molar-refractivity contribution in [2.45, 2.75) is 25.7 Å². The molecular formula is C17H16BrNO. The van der Waals surface area contributed by atoms with E-state index in [2.05, 4.69) is 39.4 Å². The molecule has 102 valence electrons. The predicted molar refractivity (Wildman–Crippen MR) is 84.9 cm³/mol. The van der Waals surface area contributed by atoms with E-state index in [1.165, 1.54) is 24.0 Å². The summed E-state index contributed by atoms with van der Waals surface area (Å²) in [5.41, 5.74) is 4.78. The Kier molecular flexibility index (Phi) is 3.88. The van der Waals surface area contributed by atoms with Crippen LogP contribution in [0.2, 0.25) is 0 Å². The van der Waals surface area contributed by atoms with Gasteiger partial charge >= 0.3 is 0 Å². The average Bonchev–Trinajstić information content (AvgIpc) is 2.86. The Morgan fingerprint density at radius 1 is 1.10 bits per heavy atom. The zero-order valence-electron chi connectivity index (χ0n) is 11.2. The molecule has 0 saturated carbocycles. The van der Waals surface area contributed by atoms with Crippen LogP contribution >= 0.6 is 15.9 Å². The van der Waals surface area contributed by atoms with Crippen LogP contribution in [-0.2, 0) is 24.1 Å². The van der Waals surface area contributed by atoms with Crippen molar-refractivity contribution < 1.29 is 4.79 Å². The van der Waals surface area contributed by atoms with Gasteiger partial charge in [-0.1, -0.05) is 40.2 Å². The van der Waals surface area contributed by atoms with Crippen molar-refractivity contribution in [3.63, 3.8) is 0 Å². The third-order valence-electron chi connectivity index (χ3n) is 3.64. The number of benzene rings is 2. The highest BCUT2D eigenvalue weighted by molar-refractivity contribution is 9.10. The molecule has 0 aromatic heterocycles. The number of rotatable bonds is 3. The molecule has 0 spiro atoms. The zero-order chi connectivity index (χ0) is 13.9. The van der Waals surface area contributed by atoms with Crippen LogP contribution in [0.3, 0.4) is 0 Å². The van der Waals surface area contributed by atoms with Gasteiger partial charge in [0.25, 0.3) is 0 Å². The van der Waals surface area contributed by atoms with Gasteiger partial charge in [0.15, 0.2) is 0 Å². The summed E-state index contributed by atoms with van der Waals surface area (Å²) in [4.78, 5) is 12.1. The van der Waals surface area contributed by atoms with Gasteiger partial charge in [0.2, 0.25) is 5.91 Å². The number of aryl methyl sites for hydroxylation is 2. The van der Waals surface area contributed by atoms with E-state index in [4.69, 9.17) is 0 Å². The minimum Gasteiger partial charge on any atom is -0.326 e. The monoisotopic (exact) mass is 329 g/mol. The molecule has 1 aliphatic rings. The molecule has 1 amide bonds. The Hall–Kier alpha value is -1.61. The Balaban J connectivity index is 1.67. The van der Waals surface area contributed by atoms with E-state index in [1.54, 1.807) is 0 Å². The van der Waals surface area contributed by atoms with Gasteiger partial charge < -0.3 is 5.32 Å². The number of halogens is 1. The predicted octanol–water partition coefficient (Wildman–Crippen LogP) is 4.12. The van der Waals surface area contributed by atoms with Crippen molar-refractivity contribution >= 4 is 27.5 Å². The summed E-state index contributed by atoms with van der Waals surface area (Å²) < 4.78 is 0.966. The lowest BCUT2D eigenvalue weighted by Gasteiger charge is -2.07. The van der Waals surface area contributed by atoms with E-state index >= 15 is 0 Å². The van der Waals surface area contributed by atoms with Gasteiger partial charge in [0.1, 0.15) is 0 Å². The average molecular weight is 330 g/mol. The van der Waals surface area contributed by atoms with Crippen LogP contribution in [0.25, 0.3) is 0 Å². The maximum atomic E-state index is 12.1. The van der Waals surface area contributed by atoms with Gasteiger partial charge in [0.05, 0.1) is 6.42 Å². The molecule has 0 unspecified atom stereocenters. The number of amides is 1. The molecule has 1 N–H and O–H groups in total. The fourth-order valence-electron chi connectivity index (χ4n) is 2.69. The van der Waals surface area contributed by atoms with Crippen LogP contribution in [0.15, 0.2) is 46.9 Å². The summed E-state index contributed by atoms with van der Waals surface area (Å²) in [7, 11) is 0. The maximum Gasteiger partial charge on any atom is 0.228 e. The van der Waals surface area contributed by atoms with E-state index in [9.17, 15) is 4.79 Å². The van der Waals surface area contributed by atoms with E-state index in [-0.39, 0.29) is 5.91 Å². The molecular weight excluding hydrogens is 314 g/mol. The van der Waals surface area contributed by atoms with Crippen molar-refractivity contribution in [3.05, 3.63) is 63.6 Å². The molecule has 0 heterocycles. The van der Waals surface area contributed by atoms with Crippen molar-refractivity contribution in [2.24, 2.45) is 0 Å². The maximum absolute atomic E-state index is 12.1. The molecule has 0 saturated heterocycles. The lowest BCUT2D eigenvalue weighted by atomic mass is 10.0. The first-order chi connectivity index (χ1) is 9.70. The summed E-state index contributed by atoms with van der Waals surface area (Å²) >= 11 is 3.40. The second-order valence-electron chi connectivity index (χ2n) is 5.19. The highest BCUT2D eigenvalue weighted by atomic mass is 79.9. The number of anilines is 1. The quantitative estimate of drug-likeness (QED) is 0.901. The van der Waals surface area contributed by atoms with E-state index in [1.807, 2.05) is 24.3 Å². The van der Waals surface area contributed by atoms with Crippen LogP contribution in [0.1, 0.15) is 23.1 Å². The smallest absolute Gasteiger partial charge is 0.228 e. The minimum absolute atomic E-state index is 0.0287. The summed E-state index contributed by atoms with van der Waals surface area (Å²) in [6.07, 6.45) is 4.00. The van der Waals surface area contributed by atoms with Gasteiger partial charge in [-0.2, -0.15) is 0 Å². The number of hydrogen-bond donors (Lipinski definition) is 1. The lowest BCUT2D eigenvalue weighted by Crippen LogP contribution is -2.14. The number of hydrogen-bond acceptors (Lipinski definition) is 1. The van der Waals surface area contributed by atoms with Gasteiger partial charge in [-0.05, 0) is 54.2 Å². The molecule has 2 aromatic carbocycles. The first kappa shape index (κ1) is 13.4. The lowest BCUT2D eigenvalue weighted by molar-refractivity contribution is -0.115. The van der Waals surface area contributed by atoms with E-state index < -0.39 is 0 Å². The second kappa shape index (κ2) is 5.80. The van der Waals surface area contributed by atoms with Crippen LogP contribution in [0, 0.1) is 0 Å². The fraction of sp³-hybridized carbons (Fsp3) is 0.235. The molecule has 1 aliphatic carbocycles.